The van der Waals surface area contributed by atoms with Crippen LogP contribution in [0.25, 0.3) is 0 Å². The summed E-state index contributed by atoms with van der Waals surface area (Å²) in [5, 5.41) is 2.61. The molecule has 154 valence electrons. The standard InChI is InChI=1S/C23H19ClFNO4/c1-2-29-19-14-7-6-13-18(19)26-22(27)21(15-9-4-3-5-10-15)30-23(28)20-16(24)11-8-12-17(20)25/h3-14,21H,2H2,1H3,(H,26,27). The second kappa shape index (κ2) is 9.89. The number of para-hydroxylation sites is 2. The van der Waals surface area contributed by atoms with Crippen molar-refractivity contribution in [2.75, 3.05) is 11.9 Å². The fourth-order valence-corrected chi connectivity index (χ4v) is 3.05. The topological polar surface area (TPSA) is 64.6 Å². The van der Waals surface area contributed by atoms with Crippen LogP contribution in [0.4, 0.5) is 10.1 Å². The van der Waals surface area contributed by atoms with Crippen LogP contribution in [0, 0.1) is 5.82 Å². The van der Waals surface area contributed by atoms with Gasteiger partial charge >= 0.3 is 5.97 Å². The van der Waals surface area contributed by atoms with Gasteiger partial charge < -0.3 is 14.8 Å². The third-order valence-corrected chi connectivity index (χ3v) is 4.49. The summed E-state index contributed by atoms with van der Waals surface area (Å²) in [6, 6.07) is 19.2. The molecule has 0 bridgehead atoms. The van der Waals surface area contributed by atoms with E-state index in [1.165, 1.54) is 12.1 Å². The first-order valence-electron chi connectivity index (χ1n) is 9.24. The summed E-state index contributed by atoms with van der Waals surface area (Å²) in [7, 11) is 0. The van der Waals surface area contributed by atoms with Crippen LogP contribution < -0.4 is 10.1 Å². The first-order chi connectivity index (χ1) is 14.5. The van der Waals surface area contributed by atoms with Crippen molar-refractivity contribution in [1.82, 2.24) is 0 Å². The van der Waals surface area contributed by atoms with Gasteiger partial charge in [-0.3, -0.25) is 4.79 Å². The third kappa shape index (κ3) is 4.96. The molecule has 30 heavy (non-hydrogen) atoms. The van der Waals surface area contributed by atoms with E-state index >= 15 is 0 Å². The number of ether oxygens (including phenoxy) is 2. The summed E-state index contributed by atoms with van der Waals surface area (Å²) in [5.41, 5.74) is 0.414. The maximum atomic E-state index is 14.1. The first-order valence-corrected chi connectivity index (χ1v) is 9.61. The van der Waals surface area contributed by atoms with Gasteiger partial charge in [0.25, 0.3) is 5.91 Å². The van der Waals surface area contributed by atoms with Gasteiger partial charge in [0.15, 0.2) is 0 Å². The van der Waals surface area contributed by atoms with Gasteiger partial charge in [-0.25, -0.2) is 9.18 Å². The molecular weight excluding hydrogens is 409 g/mol. The van der Waals surface area contributed by atoms with Crippen LogP contribution in [0.2, 0.25) is 5.02 Å². The summed E-state index contributed by atoms with van der Waals surface area (Å²) in [4.78, 5) is 25.7. The molecule has 1 N–H and O–H groups in total. The number of rotatable bonds is 7. The summed E-state index contributed by atoms with van der Waals surface area (Å²) in [6.07, 6.45) is -1.33. The number of carbonyl (C=O) groups is 2. The minimum absolute atomic E-state index is 0.103. The second-order valence-electron chi connectivity index (χ2n) is 6.21. The summed E-state index contributed by atoms with van der Waals surface area (Å²) in [6.45, 7) is 2.24. The zero-order valence-electron chi connectivity index (χ0n) is 16.1. The van der Waals surface area contributed by atoms with Gasteiger partial charge in [-0.1, -0.05) is 60.1 Å². The Morgan fingerprint density at radius 1 is 1.00 bits per heavy atom. The largest absolute Gasteiger partial charge is 0.492 e. The highest BCUT2D eigenvalue weighted by Crippen LogP contribution is 2.28. The number of esters is 1. The van der Waals surface area contributed by atoms with E-state index < -0.39 is 29.4 Å². The van der Waals surface area contributed by atoms with Crippen molar-refractivity contribution < 1.29 is 23.5 Å². The van der Waals surface area contributed by atoms with Gasteiger partial charge in [0, 0.05) is 5.56 Å². The molecule has 0 heterocycles. The predicted octanol–water partition coefficient (Wildman–Crippen LogP) is 5.41. The van der Waals surface area contributed by atoms with E-state index in [9.17, 15) is 14.0 Å². The molecule has 0 saturated heterocycles. The summed E-state index contributed by atoms with van der Waals surface area (Å²) < 4.78 is 25.1. The molecule has 0 radical (unpaired) electrons. The Kier molecular flexibility index (Phi) is 7.03. The van der Waals surface area contributed by atoms with Crippen LogP contribution in [-0.4, -0.2) is 18.5 Å². The lowest BCUT2D eigenvalue weighted by atomic mass is 10.1. The van der Waals surface area contributed by atoms with Gasteiger partial charge in [0.05, 0.1) is 17.3 Å². The summed E-state index contributed by atoms with van der Waals surface area (Å²) >= 11 is 5.96. The van der Waals surface area contributed by atoms with Gasteiger partial charge in [0.2, 0.25) is 6.10 Å². The fourth-order valence-electron chi connectivity index (χ4n) is 2.81. The molecule has 0 aliphatic rings. The molecule has 0 spiro atoms. The Bertz CT molecular complexity index is 1020. The van der Waals surface area contributed by atoms with Crippen LogP contribution in [-0.2, 0) is 9.53 Å². The molecule has 1 atom stereocenters. The lowest BCUT2D eigenvalue weighted by molar-refractivity contribution is -0.125. The minimum atomic E-state index is -1.33. The number of nitrogens with one attached hydrogen (secondary N) is 1. The van der Waals surface area contributed by atoms with Gasteiger partial charge in [0.1, 0.15) is 17.1 Å². The van der Waals surface area contributed by atoms with Gasteiger partial charge in [-0.05, 0) is 31.2 Å². The van der Waals surface area contributed by atoms with Crippen LogP contribution >= 0.6 is 11.6 Å². The lowest BCUT2D eigenvalue weighted by Crippen LogP contribution is -2.26. The highest BCUT2D eigenvalue weighted by atomic mass is 35.5. The molecule has 3 rings (SSSR count). The maximum Gasteiger partial charge on any atom is 0.343 e. The Morgan fingerprint density at radius 3 is 2.40 bits per heavy atom. The zero-order valence-corrected chi connectivity index (χ0v) is 16.9. The monoisotopic (exact) mass is 427 g/mol. The zero-order chi connectivity index (χ0) is 21.5. The number of benzene rings is 3. The van der Waals surface area contributed by atoms with Crippen LogP contribution in [0.15, 0.2) is 72.8 Å². The van der Waals surface area contributed by atoms with E-state index in [4.69, 9.17) is 21.1 Å². The van der Waals surface area contributed by atoms with E-state index in [1.54, 1.807) is 54.6 Å². The van der Waals surface area contributed by atoms with Crippen molar-refractivity contribution in [2.24, 2.45) is 0 Å². The molecule has 1 unspecified atom stereocenters. The Balaban J connectivity index is 1.90. The average Bonchev–Trinajstić information content (AvgIpc) is 2.74. The van der Waals surface area contributed by atoms with Crippen LogP contribution in [0.5, 0.6) is 5.75 Å². The van der Waals surface area contributed by atoms with Crippen molar-refractivity contribution >= 4 is 29.2 Å². The second-order valence-corrected chi connectivity index (χ2v) is 6.62. The number of amides is 1. The molecule has 1 amide bonds. The Morgan fingerprint density at radius 2 is 1.70 bits per heavy atom. The minimum Gasteiger partial charge on any atom is -0.492 e. The third-order valence-electron chi connectivity index (χ3n) is 4.18. The molecule has 3 aromatic carbocycles. The highest BCUT2D eigenvalue weighted by molar-refractivity contribution is 6.33. The number of halogens is 2. The Labute approximate surface area is 178 Å². The van der Waals surface area contributed by atoms with E-state index in [1.807, 2.05) is 6.92 Å². The van der Waals surface area contributed by atoms with E-state index in [-0.39, 0.29) is 5.02 Å². The molecule has 0 saturated carbocycles. The molecule has 7 heteroatoms. The van der Waals surface area contributed by atoms with Gasteiger partial charge in [-0.15, -0.1) is 0 Å². The highest BCUT2D eigenvalue weighted by Gasteiger charge is 2.28. The molecule has 0 aromatic heterocycles. The van der Waals surface area contributed by atoms with Crippen molar-refractivity contribution in [2.45, 2.75) is 13.0 Å². The Hall–Kier alpha value is -3.38. The molecule has 5 nitrogen and oxygen atoms in total. The fraction of sp³-hybridized carbons (Fsp3) is 0.130. The van der Waals surface area contributed by atoms with Crippen molar-refractivity contribution in [1.29, 1.82) is 0 Å². The molecule has 0 fully saturated rings. The lowest BCUT2D eigenvalue weighted by Gasteiger charge is -2.19. The normalized spacial score (nSPS) is 11.4. The molecule has 3 aromatic rings. The summed E-state index contributed by atoms with van der Waals surface area (Å²) in [5.74, 6) is -2.01. The maximum absolute atomic E-state index is 14.1. The number of hydrogen-bond donors (Lipinski definition) is 1. The van der Waals surface area contributed by atoms with E-state index in [2.05, 4.69) is 5.32 Å². The van der Waals surface area contributed by atoms with Crippen LogP contribution in [0.1, 0.15) is 28.9 Å². The first kappa shape index (κ1) is 21.3. The van der Waals surface area contributed by atoms with Crippen molar-refractivity contribution in [3.8, 4) is 5.75 Å². The van der Waals surface area contributed by atoms with Gasteiger partial charge in [-0.2, -0.15) is 0 Å². The SMILES string of the molecule is CCOc1ccccc1NC(=O)C(OC(=O)c1c(F)cccc1Cl)c1ccccc1. The van der Waals surface area contributed by atoms with Crippen LogP contribution in [0.3, 0.4) is 0 Å². The molecule has 0 aliphatic carbocycles. The number of hydrogen-bond acceptors (Lipinski definition) is 4. The molecular formula is C23H19ClFNO4. The quantitative estimate of drug-likeness (QED) is 0.512. The van der Waals surface area contributed by atoms with Crippen molar-refractivity contribution in [3.05, 3.63) is 94.8 Å². The predicted molar refractivity (Wildman–Crippen MR) is 112 cm³/mol. The average molecular weight is 428 g/mol. The molecule has 0 aliphatic heterocycles. The van der Waals surface area contributed by atoms with E-state index in [0.29, 0.717) is 23.6 Å². The van der Waals surface area contributed by atoms with E-state index in [0.717, 1.165) is 6.07 Å². The smallest absolute Gasteiger partial charge is 0.343 e. The number of anilines is 1. The number of carbonyl (C=O) groups excluding carboxylic acids is 2. The van der Waals surface area contributed by atoms with Crippen molar-refractivity contribution in [3.63, 3.8) is 0 Å².